The van der Waals surface area contributed by atoms with Crippen LogP contribution in [0.1, 0.15) is 35.7 Å². The molecule has 0 aliphatic carbocycles. The van der Waals surface area contributed by atoms with Crippen molar-refractivity contribution < 1.29 is 13.6 Å². The first kappa shape index (κ1) is 10.8. The highest BCUT2D eigenvalue weighted by Gasteiger charge is 2.29. The van der Waals surface area contributed by atoms with Crippen LogP contribution in [-0.2, 0) is 5.92 Å². The van der Waals surface area contributed by atoms with Gasteiger partial charge in [-0.1, -0.05) is 37.6 Å². The first-order valence-electron chi connectivity index (χ1n) is 4.53. The summed E-state index contributed by atoms with van der Waals surface area (Å²) in [6, 6.07) is 5.43. The molecule has 0 radical (unpaired) electrons. The second-order valence-corrected chi connectivity index (χ2v) is 3.19. The third-order valence-electron chi connectivity index (χ3n) is 2.03. The average molecular weight is 198 g/mol. The van der Waals surface area contributed by atoms with Gasteiger partial charge in [0, 0.05) is 17.5 Å². The summed E-state index contributed by atoms with van der Waals surface area (Å²) >= 11 is 0. The lowest BCUT2D eigenvalue weighted by Gasteiger charge is -2.15. The highest BCUT2D eigenvalue weighted by molar-refractivity contribution is 5.74. The number of carbonyl (C=O) groups is 1. The Morgan fingerprint density at radius 1 is 1.29 bits per heavy atom. The topological polar surface area (TPSA) is 17.1 Å². The second-order valence-electron chi connectivity index (χ2n) is 3.19. The summed E-state index contributed by atoms with van der Waals surface area (Å²) in [6.07, 6.45) is 0.914. The maximum Gasteiger partial charge on any atom is 0.273 e. The highest BCUT2D eigenvalue weighted by atomic mass is 19.3. The monoisotopic (exact) mass is 198 g/mol. The number of benzene rings is 1. The molecular weight excluding hydrogens is 186 g/mol. The van der Waals surface area contributed by atoms with E-state index in [1.807, 2.05) is 0 Å². The van der Waals surface area contributed by atoms with E-state index >= 15 is 0 Å². The van der Waals surface area contributed by atoms with Gasteiger partial charge in [-0.2, -0.15) is 0 Å². The molecule has 1 nitrogen and oxygen atoms in total. The van der Waals surface area contributed by atoms with Crippen molar-refractivity contribution in [2.24, 2.45) is 0 Å². The average Bonchev–Trinajstić information content (AvgIpc) is 2.18. The Bertz CT molecular complexity index is 304. The Hall–Kier alpha value is -1.25. The lowest BCUT2D eigenvalue weighted by Crippen LogP contribution is -2.12. The molecule has 0 N–H and O–H groups in total. The molecule has 0 bridgehead atoms. The number of hydrogen-bond donors (Lipinski definition) is 0. The van der Waals surface area contributed by atoms with Crippen LogP contribution in [0, 0.1) is 0 Å². The van der Waals surface area contributed by atoms with Gasteiger partial charge in [0.2, 0.25) is 0 Å². The number of aldehydes is 1. The van der Waals surface area contributed by atoms with Crippen LogP contribution in [0.3, 0.4) is 0 Å². The molecule has 0 atom stereocenters. The quantitative estimate of drug-likeness (QED) is 0.678. The molecule has 0 amide bonds. The van der Waals surface area contributed by atoms with E-state index in [0.29, 0.717) is 18.3 Å². The maximum absolute atomic E-state index is 13.3. The van der Waals surface area contributed by atoms with Crippen LogP contribution in [0.15, 0.2) is 24.3 Å². The van der Waals surface area contributed by atoms with E-state index in [1.54, 1.807) is 6.92 Å². The predicted molar refractivity (Wildman–Crippen MR) is 50.6 cm³/mol. The molecule has 0 spiro atoms. The van der Waals surface area contributed by atoms with Crippen molar-refractivity contribution in [1.29, 1.82) is 0 Å². The fraction of sp³-hybridized carbons (Fsp3) is 0.364. The van der Waals surface area contributed by atoms with E-state index in [2.05, 4.69) is 0 Å². The van der Waals surface area contributed by atoms with Gasteiger partial charge in [-0.25, -0.2) is 8.78 Å². The van der Waals surface area contributed by atoms with Gasteiger partial charge in [0.25, 0.3) is 5.92 Å². The lowest BCUT2D eigenvalue weighted by atomic mass is 10.0. The summed E-state index contributed by atoms with van der Waals surface area (Å²) in [4.78, 5) is 10.3. The molecule has 0 aliphatic rings. The van der Waals surface area contributed by atoms with Crippen molar-refractivity contribution in [3.63, 3.8) is 0 Å². The van der Waals surface area contributed by atoms with Gasteiger partial charge in [0.1, 0.15) is 6.29 Å². The fourth-order valence-corrected chi connectivity index (χ4v) is 1.26. The van der Waals surface area contributed by atoms with E-state index in [-0.39, 0.29) is 12.0 Å². The molecule has 0 aromatic heterocycles. The molecule has 0 saturated heterocycles. The molecule has 1 aromatic carbocycles. The molecule has 1 aromatic rings. The van der Waals surface area contributed by atoms with Gasteiger partial charge >= 0.3 is 0 Å². The van der Waals surface area contributed by atoms with Crippen molar-refractivity contribution in [2.45, 2.75) is 25.7 Å². The lowest BCUT2D eigenvalue weighted by molar-refractivity contribution is -0.0140. The Morgan fingerprint density at radius 3 is 2.29 bits per heavy atom. The predicted octanol–water partition coefficient (Wildman–Crippen LogP) is 3.39. The minimum absolute atomic E-state index is 0.0232. The Morgan fingerprint density at radius 2 is 1.86 bits per heavy atom. The summed E-state index contributed by atoms with van der Waals surface area (Å²) in [6.45, 7) is 1.72. The van der Waals surface area contributed by atoms with Gasteiger partial charge < -0.3 is 0 Å². The van der Waals surface area contributed by atoms with Gasteiger partial charge in [-0.05, 0) is 0 Å². The number of carbonyl (C=O) groups excluding carboxylic acids is 1. The number of halogens is 2. The molecule has 0 aliphatic heterocycles. The summed E-state index contributed by atoms with van der Waals surface area (Å²) < 4.78 is 26.6. The standard InChI is InChI=1S/C11H12F2O/c1-2-7-11(12,13)10-5-3-9(8-14)4-6-10/h3-6,8H,2,7H2,1H3. The van der Waals surface area contributed by atoms with Crippen molar-refractivity contribution >= 4 is 6.29 Å². The van der Waals surface area contributed by atoms with Crippen LogP contribution in [0.5, 0.6) is 0 Å². The minimum Gasteiger partial charge on any atom is -0.298 e. The Balaban J connectivity index is 2.90. The van der Waals surface area contributed by atoms with Gasteiger partial charge in [0.15, 0.2) is 0 Å². The Kier molecular flexibility index (Phi) is 3.33. The SMILES string of the molecule is CCCC(F)(F)c1ccc(C=O)cc1. The number of alkyl halides is 2. The molecule has 76 valence electrons. The van der Waals surface area contributed by atoms with Crippen LogP contribution in [0.2, 0.25) is 0 Å². The molecule has 0 fully saturated rings. The molecular formula is C11H12F2O. The molecule has 0 unspecified atom stereocenters. The van der Waals surface area contributed by atoms with Crippen molar-refractivity contribution in [3.05, 3.63) is 35.4 Å². The van der Waals surface area contributed by atoms with Gasteiger partial charge in [0.05, 0.1) is 0 Å². The van der Waals surface area contributed by atoms with Crippen LogP contribution in [-0.4, -0.2) is 6.29 Å². The summed E-state index contributed by atoms with van der Waals surface area (Å²) in [7, 11) is 0. The van der Waals surface area contributed by atoms with Crippen LogP contribution in [0.25, 0.3) is 0 Å². The van der Waals surface area contributed by atoms with E-state index in [1.165, 1.54) is 24.3 Å². The maximum atomic E-state index is 13.3. The van der Waals surface area contributed by atoms with Crippen molar-refractivity contribution in [2.75, 3.05) is 0 Å². The number of hydrogen-bond acceptors (Lipinski definition) is 1. The summed E-state index contributed by atoms with van der Waals surface area (Å²) in [5.74, 6) is -2.78. The molecule has 14 heavy (non-hydrogen) atoms. The zero-order chi connectivity index (χ0) is 10.6. The van der Waals surface area contributed by atoms with Crippen LogP contribution < -0.4 is 0 Å². The third kappa shape index (κ3) is 2.37. The van der Waals surface area contributed by atoms with Gasteiger partial charge in [-0.3, -0.25) is 4.79 Å². The van der Waals surface area contributed by atoms with E-state index in [9.17, 15) is 13.6 Å². The second kappa shape index (κ2) is 4.31. The first-order chi connectivity index (χ1) is 6.60. The van der Waals surface area contributed by atoms with E-state index < -0.39 is 5.92 Å². The number of rotatable bonds is 4. The van der Waals surface area contributed by atoms with Crippen LogP contribution in [0.4, 0.5) is 8.78 Å². The smallest absolute Gasteiger partial charge is 0.273 e. The summed E-state index contributed by atoms with van der Waals surface area (Å²) in [5.41, 5.74) is 0.394. The largest absolute Gasteiger partial charge is 0.298 e. The van der Waals surface area contributed by atoms with Crippen molar-refractivity contribution in [3.8, 4) is 0 Å². The molecule has 0 saturated carbocycles. The summed E-state index contributed by atoms with van der Waals surface area (Å²) in [5, 5.41) is 0. The molecule has 3 heteroatoms. The van der Waals surface area contributed by atoms with Gasteiger partial charge in [-0.15, -0.1) is 0 Å². The van der Waals surface area contributed by atoms with E-state index in [0.717, 1.165) is 0 Å². The Labute approximate surface area is 81.7 Å². The zero-order valence-corrected chi connectivity index (χ0v) is 7.97. The third-order valence-corrected chi connectivity index (χ3v) is 2.03. The zero-order valence-electron chi connectivity index (χ0n) is 7.97. The molecule has 1 rings (SSSR count). The highest BCUT2D eigenvalue weighted by Crippen LogP contribution is 2.32. The molecule has 0 heterocycles. The minimum atomic E-state index is -2.78. The first-order valence-corrected chi connectivity index (χ1v) is 4.53. The van der Waals surface area contributed by atoms with E-state index in [4.69, 9.17) is 0 Å². The fourth-order valence-electron chi connectivity index (χ4n) is 1.26. The normalized spacial score (nSPS) is 11.4. The van der Waals surface area contributed by atoms with Crippen LogP contribution >= 0.6 is 0 Å². The van der Waals surface area contributed by atoms with Crippen molar-refractivity contribution in [1.82, 2.24) is 0 Å².